The van der Waals surface area contributed by atoms with Crippen LogP contribution in [0.2, 0.25) is 0 Å². The number of hydrogen-bond acceptors (Lipinski definition) is 2. The minimum absolute atomic E-state index is 0.375. The van der Waals surface area contributed by atoms with Crippen LogP contribution < -0.4 is 0 Å². The maximum Gasteiger partial charge on any atom is 0.225 e. The van der Waals surface area contributed by atoms with Gasteiger partial charge in [-0.15, -0.1) is 0 Å². The molecule has 0 N–H and O–H groups in total. The van der Waals surface area contributed by atoms with Gasteiger partial charge in [0.25, 0.3) is 0 Å². The van der Waals surface area contributed by atoms with Gasteiger partial charge in [-0.1, -0.05) is 30.3 Å². The molecule has 1 amide bonds. The fourth-order valence-corrected chi connectivity index (χ4v) is 5.25. The third kappa shape index (κ3) is 3.23. The average Bonchev–Trinajstić information content (AvgIpc) is 3.55. The van der Waals surface area contributed by atoms with Crippen molar-refractivity contribution in [2.45, 2.75) is 56.9 Å². The van der Waals surface area contributed by atoms with Gasteiger partial charge < -0.3 is 4.90 Å². The van der Waals surface area contributed by atoms with E-state index in [0.717, 1.165) is 32.0 Å². The number of carbonyl (C=O) groups is 1. The van der Waals surface area contributed by atoms with Gasteiger partial charge in [-0.05, 0) is 61.8 Å². The summed E-state index contributed by atoms with van der Waals surface area (Å²) in [5.41, 5.74) is 1.95. The molecule has 4 fully saturated rings. The van der Waals surface area contributed by atoms with E-state index in [1.54, 1.807) is 0 Å². The Balaban J connectivity index is 1.32. The average molecular weight is 338 g/mol. The van der Waals surface area contributed by atoms with Crippen LogP contribution in [0, 0.1) is 11.3 Å². The number of carbonyl (C=O) groups excluding carboxylic acids is 1. The van der Waals surface area contributed by atoms with Gasteiger partial charge in [-0.25, -0.2) is 0 Å². The number of amides is 1. The first-order valence-electron chi connectivity index (χ1n) is 10.3. The Morgan fingerprint density at radius 1 is 1.00 bits per heavy atom. The van der Waals surface area contributed by atoms with Gasteiger partial charge in [-0.3, -0.25) is 9.69 Å². The first-order chi connectivity index (χ1) is 12.2. The van der Waals surface area contributed by atoms with Crippen molar-refractivity contribution in [2.75, 3.05) is 26.2 Å². The molecule has 1 unspecified atom stereocenters. The molecule has 2 saturated heterocycles. The lowest BCUT2D eigenvalue weighted by Crippen LogP contribution is -2.53. The maximum absolute atomic E-state index is 12.4. The minimum atomic E-state index is 0.375. The highest BCUT2D eigenvalue weighted by molar-refractivity contribution is 5.81. The fraction of sp³-hybridized carbons (Fsp3) is 0.682. The zero-order valence-corrected chi connectivity index (χ0v) is 15.2. The summed E-state index contributed by atoms with van der Waals surface area (Å²) in [5.74, 6) is 1.49. The Hall–Kier alpha value is -1.35. The topological polar surface area (TPSA) is 23.6 Å². The quantitative estimate of drug-likeness (QED) is 0.840. The molecule has 1 aromatic rings. The standard InChI is InChI=1S/C22H30N2O/c25-21(18-6-7-18)23-12-10-22(11-13-23)14-19(17-4-2-1-3-5-17)15-24(16-22)20-8-9-20/h1-5,18-20H,6-16H2. The van der Waals surface area contributed by atoms with Crippen LogP contribution in [0.1, 0.15) is 56.4 Å². The Labute approximate surface area is 151 Å². The van der Waals surface area contributed by atoms with Gasteiger partial charge in [0.15, 0.2) is 0 Å². The van der Waals surface area contributed by atoms with E-state index in [-0.39, 0.29) is 0 Å². The van der Waals surface area contributed by atoms with Crippen molar-refractivity contribution in [1.29, 1.82) is 0 Å². The highest BCUT2D eigenvalue weighted by Gasteiger charge is 2.46. The largest absolute Gasteiger partial charge is 0.342 e. The number of likely N-dealkylation sites (tertiary alicyclic amines) is 2. The number of nitrogens with zero attached hydrogens (tertiary/aromatic N) is 2. The molecule has 5 rings (SSSR count). The van der Waals surface area contributed by atoms with E-state index in [4.69, 9.17) is 0 Å². The lowest BCUT2D eigenvalue weighted by Gasteiger charge is -2.50. The van der Waals surface area contributed by atoms with Crippen LogP contribution >= 0.6 is 0 Å². The Kier molecular flexibility index (Phi) is 3.89. The molecule has 1 aromatic carbocycles. The van der Waals surface area contributed by atoms with Crippen LogP contribution in [0.15, 0.2) is 30.3 Å². The van der Waals surface area contributed by atoms with Crippen LogP contribution in [-0.4, -0.2) is 47.9 Å². The summed E-state index contributed by atoms with van der Waals surface area (Å²) in [6.07, 6.45) is 8.77. The van der Waals surface area contributed by atoms with Gasteiger partial charge >= 0.3 is 0 Å². The van der Waals surface area contributed by atoms with Crippen LogP contribution in [0.4, 0.5) is 0 Å². The molecule has 25 heavy (non-hydrogen) atoms. The lowest BCUT2D eigenvalue weighted by molar-refractivity contribution is -0.135. The highest BCUT2D eigenvalue weighted by atomic mass is 16.2. The molecule has 0 bridgehead atoms. The number of piperidine rings is 2. The molecule has 2 aliphatic carbocycles. The zero-order chi connectivity index (χ0) is 16.9. The van der Waals surface area contributed by atoms with Gasteiger partial charge in [0.05, 0.1) is 0 Å². The fourth-order valence-electron chi connectivity index (χ4n) is 5.25. The van der Waals surface area contributed by atoms with Gasteiger partial charge in [-0.2, -0.15) is 0 Å². The van der Waals surface area contributed by atoms with E-state index >= 15 is 0 Å². The Morgan fingerprint density at radius 3 is 2.36 bits per heavy atom. The lowest BCUT2D eigenvalue weighted by atomic mass is 9.68. The first kappa shape index (κ1) is 15.9. The predicted molar refractivity (Wildman–Crippen MR) is 99.4 cm³/mol. The van der Waals surface area contributed by atoms with E-state index in [2.05, 4.69) is 40.1 Å². The predicted octanol–water partition coefficient (Wildman–Crippen LogP) is 3.66. The van der Waals surface area contributed by atoms with E-state index in [9.17, 15) is 4.79 Å². The summed E-state index contributed by atoms with van der Waals surface area (Å²) < 4.78 is 0. The molecule has 2 heterocycles. The van der Waals surface area contributed by atoms with Crippen molar-refractivity contribution < 1.29 is 4.79 Å². The molecular weight excluding hydrogens is 308 g/mol. The Morgan fingerprint density at radius 2 is 1.72 bits per heavy atom. The maximum atomic E-state index is 12.4. The van der Waals surface area contributed by atoms with E-state index < -0.39 is 0 Å². The third-order valence-electron chi connectivity index (χ3n) is 7.07. The summed E-state index contributed by atoms with van der Waals surface area (Å²) in [4.78, 5) is 17.4. The number of hydrogen-bond donors (Lipinski definition) is 0. The van der Waals surface area contributed by atoms with Crippen molar-refractivity contribution >= 4 is 5.91 Å². The molecule has 0 aromatic heterocycles. The second-order valence-electron chi connectivity index (χ2n) is 9.07. The molecule has 0 radical (unpaired) electrons. The van der Waals surface area contributed by atoms with Gasteiger partial charge in [0.2, 0.25) is 5.91 Å². The minimum Gasteiger partial charge on any atom is -0.342 e. The summed E-state index contributed by atoms with van der Waals surface area (Å²) >= 11 is 0. The molecule has 134 valence electrons. The molecule has 1 atom stereocenters. The molecule has 3 nitrogen and oxygen atoms in total. The summed E-state index contributed by atoms with van der Waals surface area (Å²) in [5, 5.41) is 0. The second-order valence-corrected chi connectivity index (χ2v) is 9.07. The highest BCUT2D eigenvalue weighted by Crippen LogP contribution is 2.48. The summed E-state index contributed by atoms with van der Waals surface area (Å²) in [6.45, 7) is 4.50. The van der Waals surface area contributed by atoms with E-state index in [0.29, 0.717) is 23.2 Å². The number of benzene rings is 1. The first-order valence-corrected chi connectivity index (χ1v) is 10.3. The van der Waals surface area contributed by atoms with Crippen molar-refractivity contribution in [3.05, 3.63) is 35.9 Å². The summed E-state index contributed by atoms with van der Waals surface area (Å²) in [6, 6.07) is 12.0. The molecule has 2 aliphatic heterocycles. The molecular formula is C22H30N2O. The monoisotopic (exact) mass is 338 g/mol. The van der Waals surface area contributed by atoms with Crippen LogP contribution in [0.3, 0.4) is 0 Å². The second kappa shape index (κ2) is 6.12. The zero-order valence-electron chi connectivity index (χ0n) is 15.2. The molecule has 1 spiro atoms. The van der Waals surface area contributed by atoms with Gasteiger partial charge in [0.1, 0.15) is 0 Å². The van der Waals surface area contributed by atoms with E-state index in [1.807, 2.05) is 0 Å². The molecule has 4 aliphatic rings. The van der Waals surface area contributed by atoms with Crippen LogP contribution in [-0.2, 0) is 4.79 Å². The van der Waals surface area contributed by atoms with Crippen LogP contribution in [0.5, 0.6) is 0 Å². The van der Waals surface area contributed by atoms with Crippen molar-refractivity contribution in [1.82, 2.24) is 9.80 Å². The summed E-state index contributed by atoms with van der Waals surface area (Å²) in [7, 11) is 0. The number of rotatable bonds is 3. The van der Waals surface area contributed by atoms with Crippen molar-refractivity contribution in [2.24, 2.45) is 11.3 Å². The van der Waals surface area contributed by atoms with Crippen molar-refractivity contribution in [3.8, 4) is 0 Å². The van der Waals surface area contributed by atoms with Gasteiger partial charge in [0, 0.05) is 38.1 Å². The SMILES string of the molecule is O=C(C1CC1)N1CCC2(CC1)CC(c1ccccc1)CN(C1CC1)C2. The van der Waals surface area contributed by atoms with E-state index in [1.165, 1.54) is 50.8 Å². The van der Waals surface area contributed by atoms with Crippen LogP contribution in [0.25, 0.3) is 0 Å². The Bertz CT molecular complexity index is 627. The smallest absolute Gasteiger partial charge is 0.225 e. The molecule has 3 heteroatoms. The van der Waals surface area contributed by atoms with Crippen molar-refractivity contribution in [3.63, 3.8) is 0 Å². The third-order valence-corrected chi connectivity index (χ3v) is 7.07. The molecule has 2 saturated carbocycles. The normalized spacial score (nSPS) is 29.8.